The Hall–Kier alpha value is -3.42. The summed E-state index contributed by atoms with van der Waals surface area (Å²) in [6.45, 7) is 4.64. The third-order valence-electron chi connectivity index (χ3n) is 5.42. The molecule has 30 heavy (non-hydrogen) atoms. The molecule has 0 N–H and O–H groups in total. The minimum absolute atomic E-state index is 0.0468. The van der Waals surface area contributed by atoms with Crippen LogP contribution < -0.4 is 9.80 Å². The van der Waals surface area contributed by atoms with Crippen LogP contribution in [0.5, 0.6) is 0 Å². The van der Waals surface area contributed by atoms with Gasteiger partial charge in [-0.3, -0.25) is 9.69 Å². The molecule has 1 amide bonds. The first-order valence-electron chi connectivity index (χ1n) is 9.97. The molecule has 0 radical (unpaired) electrons. The molecular formula is C23H24FN5O. The SMILES string of the molecule is CC(C(=O)N(CCC#N)c1ccccc1)N1CCN(c2ccc(C#N)cc2F)CC1. The molecule has 1 saturated heterocycles. The van der Waals surface area contributed by atoms with Crippen molar-refractivity contribution in [3.63, 3.8) is 0 Å². The number of halogens is 1. The van der Waals surface area contributed by atoms with Crippen molar-refractivity contribution in [1.82, 2.24) is 4.90 Å². The van der Waals surface area contributed by atoms with E-state index in [9.17, 15) is 9.18 Å². The van der Waals surface area contributed by atoms with Crippen LogP contribution in [-0.4, -0.2) is 49.6 Å². The molecule has 0 saturated carbocycles. The van der Waals surface area contributed by atoms with Gasteiger partial charge >= 0.3 is 0 Å². The first kappa shape index (κ1) is 21.3. The highest BCUT2D eigenvalue weighted by Crippen LogP contribution is 2.23. The summed E-state index contributed by atoms with van der Waals surface area (Å²) in [4.78, 5) is 18.9. The molecule has 0 aliphatic carbocycles. The average molecular weight is 405 g/mol. The molecule has 0 spiro atoms. The number of benzene rings is 2. The Morgan fingerprint density at radius 2 is 1.83 bits per heavy atom. The molecule has 154 valence electrons. The number of piperazine rings is 1. The zero-order chi connectivity index (χ0) is 21.5. The number of nitriles is 2. The Balaban J connectivity index is 1.66. The zero-order valence-electron chi connectivity index (χ0n) is 17.0. The summed E-state index contributed by atoms with van der Waals surface area (Å²) in [5.41, 5.74) is 1.56. The number of para-hydroxylation sites is 1. The average Bonchev–Trinajstić information content (AvgIpc) is 2.79. The second-order valence-corrected chi connectivity index (χ2v) is 7.21. The molecule has 7 heteroatoms. The van der Waals surface area contributed by atoms with Gasteiger partial charge in [0.25, 0.3) is 0 Å². The van der Waals surface area contributed by atoms with Gasteiger partial charge in [-0.1, -0.05) is 18.2 Å². The topological polar surface area (TPSA) is 74.4 Å². The van der Waals surface area contributed by atoms with E-state index in [1.165, 1.54) is 6.07 Å². The monoisotopic (exact) mass is 405 g/mol. The van der Waals surface area contributed by atoms with E-state index in [-0.39, 0.29) is 18.4 Å². The first-order chi connectivity index (χ1) is 14.5. The Bertz CT molecular complexity index is 958. The van der Waals surface area contributed by atoms with E-state index in [0.717, 1.165) is 5.69 Å². The molecule has 1 heterocycles. The minimum Gasteiger partial charge on any atom is -0.367 e. The fourth-order valence-electron chi connectivity index (χ4n) is 3.70. The second kappa shape index (κ2) is 9.87. The van der Waals surface area contributed by atoms with Gasteiger partial charge in [-0.25, -0.2) is 4.39 Å². The van der Waals surface area contributed by atoms with Crippen LogP contribution in [0, 0.1) is 28.5 Å². The maximum absolute atomic E-state index is 14.3. The van der Waals surface area contributed by atoms with Crippen LogP contribution in [0.1, 0.15) is 18.9 Å². The van der Waals surface area contributed by atoms with Gasteiger partial charge in [0.2, 0.25) is 5.91 Å². The molecule has 2 aromatic carbocycles. The number of carbonyl (C=O) groups excluding carboxylic acids is 1. The number of amides is 1. The van der Waals surface area contributed by atoms with Crippen molar-refractivity contribution >= 4 is 17.3 Å². The Kier molecular flexibility index (Phi) is 7.00. The molecule has 6 nitrogen and oxygen atoms in total. The van der Waals surface area contributed by atoms with Gasteiger partial charge in [-0.2, -0.15) is 10.5 Å². The Morgan fingerprint density at radius 3 is 2.43 bits per heavy atom. The number of rotatable bonds is 6. The van der Waals surface area contributed by atoms with Crippen molar-refractivity contribution in [3.8, 4) is 12.1 Å². The highest BCUT2D eigenvalue weighted by Gasteiger charge is 2.30. The quantitative estimate of drug-likeness (QED) is 0.738. The van der Waals surface area contributed by atoms with Crippen molar-refractivity contribution in [2.24, 2.45) is 0 Å². The third kappa shape index (κ3) is 4.76. The van der Waals surface area contributed by atoms with Crippen LogP contribution in [-0.2, 0) is 4.79 Å². The number of hydrogen-bond donors (Lipinski definition) is 0. The minimum atomic E-state index is -0.404. The molecule has 1 aliphatic heterocycles. The molecule has 1 fully saturated rings. The number of carbonyl (C=O) groups is 1. The van der Waals surface area contributed by atoms with Gasteiger partial charge in [0.15, 0.2) is 0 Å². The van der Waals surface area contributed by atoms with E-state index >= 15 is 0 Å². The molecule has 1 atom stereocenters. The van der Waals surface area contributed by atoms with E-state index in [2.05, 4.69) is 11.0 Å². The molecule has 1 unspecified atom stereocenters. The Morgan fingerprint density at radius 1 is 1.13 bits per heavy atom. The van der Waals surface area contributed by atoms with Crippen molar-refractivity contribution in [2.45, 2.75) is 19.4 Å². The zero-order valence-corrected chi connectivity index (χ0v) is 17.0. The van der Waals surface area contributed by atoms with Gasteiger partial charge in [0.1, 0.15) is 5.82 Å². The van der Waals surface area contributed by atoms with Crippen LogP contribution in [0.2, 0.25) is 0 Å². The van der Waals surface area contributed by atoms with Crippen LogP contribution in [0.15, 0.2) is 48.5 Å². The van der Waals surface area contributed by atoms with E-state index in [1.807, 2.05) is 48.2 Å². The second-order valence-electron chi connectivity index (χ2n) is 7.21. The summed E-state index contributed by atoms with van der Waals surface area (Å²) in [6, 6.07) is 17.6. The van der Waals surface area contributed by atoms with Gasteiger partial charge in [-0.05, 0) is 37.3 Å². The molecule has 2 aromatic rings. The standard InChI is InChI=1S/C23H24FN5O/c1-18(23(30)29(11-5-10-25)20-6-3-2-4-7-20)27-12-14-28(15-13-27)22-9-8-19(17-26)16-21(22)24/h2-4,6-9,16,18H,5,11-15H2,1H3. The fraction of sp³-hybridized carbons (Fsp3) is 0.348. The predicted octanol–water partition coefficient (Wildman–Crippen LogP) is 3.15. The largest absolute Gasteiger partial charge is 0.367 e. The molecular weight excluding hydrogens is 381 g/mol. The van der Waals surface area contributed by atoms with Gasteiger partial charge in [-0.15, -0.1) is 0 Å². The predicted molar refractivity (Wildman–Crippen MR) is 113 cm³/mol. The number of anilines is 2. The van der Waals surface area contributed by atoms with E-state index < -0.39 is 5.82 Å². The lowest BCUT2D eigenvalue weighted by Crippen LogP contribution is -2.55. The third-order valence-corrected chi connectivity index (χ3v) is 5.42. The highest BCUT2D eigenvalue weighted by atomic mass is 19.1. The van der Waals surface area contributed by atoms with Crippen LogP contribution >= 0.6 is 0 Å². The summed E-state index contributed by atoms with van der Waals surface area (Å²) >= 11 is 0. The maximum Gasteiger partial charge on any atom is 0.244 e. The van der Waals surface area contributed by atoms with Crippen LogP contribution in [0.3, 0.4) is 0 Å². The molecule has 0 aromatic heterocycles. The van der Waals surface area contributed by atoms with Gasteiger partial charge in [0, 0.05) is 38.4 Å². The smallest absolute Gasteiger partial charge is 0.244 e. The molecule has 1 aliphatic rings. The summed E-state index contributed by atoms with van der Waals surface area (Å²) < 4.78 is 14.3. The lowest BCUT2D eigenvalue weighted by Gasteiger charge is -2.40. The van der Waals surface area contributed by atoms with Crippen molar-refractivity contribution in [1.29, 1.82) is 10.5 Å². The van der Waals surface area contributed by atoms with Crippen LogP contribution in [0.25, 0.3) is 0 Å². The van der Waals surface area contributed by atoms with Crippen molar-refractivity contribution in [3.05, 3.63) is 59.9 Å². The number of hydrogen-bond acceptors (Lipinski definition) is 5. The van der Waals surface area contributed by atoms with E-state index in [1.54, 1.807) is 17.0 Å². The lowest BCUT2D eigenvalue weighted by atomic mass is 10.1. The molecule has 0 bridgehead atoms. The van der Waals surface area contributed by atoms with E-state index in [4.69, 9.17) is 10.5 Å². The summed E-state index contributed by atoms with van der Waals surface area (Å²) in [5, 5.41) is 17.9. The highest BCUT2D eigenvalue weighted by molar-refractivity contribution is 5.97. The normalized spacial score (nSPS) is 15.1. The van der Waals surface area contributed by atoms with E-state index in [0.29, 0.717) is 44.0 Å². The fourth-order valence-corrected chi connectivity index (χ4v) is 3.70. The summed E-state index contributed by atoms with van der Waals surface area (Å²) in [7, 11) is 0. The lowest BCUT2D eigenvalue weighted by molar-refractivity contribution is -0.123. The first-order valence-corrected chi connectivity index (χ1v) is 9.97. The summed E-state index contributed by atoms with van der Waals surface area (Å²) in [5.74, 6) is -0.451. The maximum atomic E-state index is 14.3. The van der Waals surface area contributed by atoms with Gasteiger partial charge < -0.3 is 9.80 Å². The molecule has 3 rings (SSSR count). The van der Waals surface area contributed by atoms with Crippen molar-refractivity contribution in [2.75, 3.05) is 42.5 Å². The summed E-state index contributed by atoms with van der Waals surface area (Å²) in [6.07, 6.45) is 0.263. The van der Waals surface area contributed by atoms with Crippen LogP contribution in [0.4, 0.5) is 15.8 Å². The van der Waals surface area contributed by atoms with Crippen molar-refractivity contribution < 1.29 is 9.18 Å². The Labute approximate surface area is 176 Å². The number of nitrogens with zero attached hydrogens (tertiary/aromatic N) is 5. The van der Waals surface area contributed by atoms with Gasteiger partial charge in [0.05, 0.1) is 35.9 Å².